The number of alkyl halides is 3. The molecule has 0 unspecified atom stereocenters. The molecule has 1 aliphatic heterocycles. The number of anilines is 1. The Morgan fingerprint density at radius 3 is 2.37 bits per heavy atom. The number of ether oxygens (including phenoxy) is 2. The van der Waals surface area contributed by atoms with Crippen molar-refractivity contribution in [2.75, 3.05) is 19.0 Å². The van der Waals surface area contributed by atoms with Crippen LogP contribution in [-0.2, 0) is 19.7 Å². The molecule has 218 valence electrons. The lowest BCUT2D eigenvalue weighted by Crippen LogP contribution is -2.60. The quantitative estimate of drug-likeness (QED) is 0.479. The fourth-order valence-electron chi connectivity index (χ4n) is 5.40. The molecule has 5 rings (SSSR count). The van der Waals surface area contributed by atoms with Crippen molar-refractivity contribution < 1.29 is 37.0 Å². The first kappa shape index (κ1) is 28.4. The number of likely N-dealkylation sites (tertiary alicyclic amines) is 1. The van der Waals surface area contributed by atoms with Crippen LogP contribution in [0.25, 0.3) is 11.0 Å². The fourth-order valence-corrected chi connectivity index (χ4v) is 5.40. The molecule has 2 fully saturated rings. The maximum atomic E-state index is 14.6. The summed E-state index contributed by atoms with van der Waals surface area (Å²) in [7, 11) is 1.46. The number of fused-ring (bicyclic) bond motifs is 1. The SMILES string of the molecule is COc1ccc(C2(C(=O)N3C[C@H](F)C[C@@H]3C(=O)Nc3ccc4c(cnn4C(=O)OC(C)(C)C)n3)CC(F)(F)C2)cc1. The largest absolute Gasteiger partial charge is 0.497 e. The van der Waals surface area contributed by atoms with E-state index in [0.29, 0.717) is 16.8 Å². The number of rotatable bonds is 5. The highest BCUT2D eigenvalue weighted by molar-refractivity contribution is 6.00. The summed E-state index contributed by atoms with van der Waals surface area (Å²) in [4.78, 5) is 44.9. The molecule has 2 amide bonds. The van der Waals surface area contributed by atoms with Crippen LogP contribution < -0.4 is 10.1 Å². The van der Waals surface area contributed by atoms with Gasteiger partial charge in [-0.25, -0.2) is 22.9 Å². The van der Waals surface area contributed by atoms with Crippen molar-refractivity contribution in [1.29, 1.82) is 0 Å². The molecule has 1 aliphatic carbocycles. The molecule has 1 saturated carbocycles. The van der Waals surface area contributed by atoms with Crippen LogP contribution in [0.1, 0.15) is 45.6 Å². The average Bonchev–Trinajstić information content (AvgIpc) is 3.49. The summed E-state index contributed by atoms with van der Waals surface area (Å²) >= 11 is 0. The van der Waals surface area contributed by atoms with E-state index < -0.39 is 66.4 Å². The van der Waals surface area contributed by atoms with Crippen LogP contribution in [0.2, 0.25) is 0 Å². The van der Waals surface area contributed by atoms with Gasteiger partial charge in [0.2, 0.25) is 11.8 Å². The zero-order valence-electron chi connectivity index (χ0n) is 23.0. The number of pyridine rings is 1. The molecular weight excluding hydrogens is 543 g/mol. The first-order valence-corrected chi connectivity index (χ1v) is 13.1. The van der Waals surface area contributed by atoms with Crippen molar-refractivity contribution >= 4 is 34.8 Å². The van der Waals surface area contributed by atoms with Gasteiger partial charge >= 0.3 is 6.09 Å². The van der Waals surface area contributed by atoms with E-state index in [4.69, 9.17) is 9.47 Å². The van der Waals surface area contributed by atoms with Gasteiger partial charge in [-0.2, -0.15) is 9.78 Å². The van der Waals surface area contributed by atoms with Gasteiger partial charge < -0.3 is 19.7 Å². The predicted octanol–water partition coefficient (Wildman–Crippen LogP) is 4.47. The Morgan fingerprint density at radius 1 is 1.07 bits per heavy atom. The second-order valence-corrected chi connectivity index (χ2v) is 11.5. The molecule has 41 heavy (non-hydrogen) atoms. The molecule has 0 bridgehead atoms. The summed E-state index contributed by atoms with van der Waals surface area (Å²) in [6, 6.07) is 7.94. The Morgan fingerprint density at radius 2 is 1.76 bits per heavy atom. The van der Waals surface area contributed by atoms with Gasteiger partial charge in [-0.3, -0.25) is 9.59 Å². The molecule has 2 atom stereocenters. The minimum absolute atomic E-state index is 0.0843. The molecule has 10 nitrogen and oxygen atoms in total. The number of carbonyl (C=O) groups is 3. The standard InChI is InChI=1S/C28H30F3N5O5/c1-26(2,3)41-25(39)36-20-9-10-22(33-19(20)12-32-36)34-23(37)21-11-17(29)13-35(21)24(38)27(14-28(30,31)15-27)16-5-7-18(40-4)8-6-16/h5-10,12,17,21H,11,13-15H2,1-4H3,(H,33,34,37)/t17-,21-/m1/s1. The predicted molar refractivity (Wildman–Crippen MR) is 142 cm³/mol. The molecule has 13 heteroatoms. The van der Waals surface area contributed by atoms with E-state index in [1.807, 2.05) is 0 Å². The zero-order valence-corrected chi connectivity index (χ0v) is 23.0. The Hall–Kier alpha value is -4.16. The van der Waals surface area contributed by atoms with Crippen molar-refractivity contribution in [2.45, 2.75) is 69.2 Å². The second-order valence-electron chi connectivity index (χ2n) is 11.5. The number of nitrogens with zero attached hydrogens (tertiary/aromatic N) is 4. The number of nitrogens with one attached hydrogen (secondary N) is 1. The Kier molecular flexibility index (Phi) is 6.94. The van der Waals surface area contributed by atoms with E-state index in [0.717, 1.165) is 9.58 Å². The number of halogens is 3. The van der Waals surface area contributed by atoms with Crippen LogP contribution in [-0.4, -0.2) is 75.0 Å². The van der Waals surface area contributed by atoms with Gasteiger partial charge in [0.15, 0.2) is 0 Å². The van der Waals surface area contributed by atoms with E-state index in [1.165, 1.54) is 25.4 Å². The molecule has 1 saturated heterocycles. The summed E-state index contributed by atoms with van der Waals surface area (Å²) in [5.74, 6) is -3.92. The molecule has 1 aromatic carbocycles. The molecule has 0 radical (unpaired) electrons. The average molecular weight is 574 g/mol. The summed E-state index contributed by atoms with van der Waals surface area (Å²) in [5.41, 5.74) is -1.36. The summed E-state index contributed by atoms with van der Waals surface area (Å²) in [6.07, 6.45) is -2.66. The molecule has 3 heterocycles. The third-order valence-corrected chi connectivity index (χ3v) is 7.23. The van der Waals surface area contributed by atoms with Crippen LogP contribution in [0, 0.1) is 0 Å². The van der Waals surface area contributed by atoms with Gasteiger partial charge in [-0.1, -0.05) is 12.1 Å². The lowest BCUT2D eigenvalue weighted by Gasteiger charge is -2.48. The van der Waals surface area contributed by atoms with E-state index in [1.54, 1.807) is 45.0 Å². The van der Waals surface area contributed by atoms with Crippen LogP contribution in [0.4, 0.5) is 23.8 Å². The number of benzene rings is 1. The third-order valence-electron chi connectivity index (χ3n) is 7.23. The molecule has 2 aliphatic rings. The lowest BCUT2D eigenvalue weighted by atomic mass is 9.61. The first-order chi connectivity index (χ1) is 19.2. The zero-order chi connectivity index (χ0) is 29.7. The molecule has 2 aromatic heterocycles. The second kappa shape index (κ2) is 10.0. The monoisotopic (exact) mass is 573 g/mol. The van der Waals surface area contributed by atoms with Crippen LogP contribution >= 0.6 is 0 Å². The molecular formula is C28H30F3N5O5. The van der Waals surface area contributed by atoms with Gasteiger partial charge in [-0.05, 0) is 50.6 Å². The summed E-state index contributed by atoms with van der Waals surface area (Å²) in [6.45, 7) is 4.76. The number of hydrogen-bond donors (Lipinski definition) is 1. The number of methoxy groups -OCH3 is 1. The molecule has 1 N–H and O–H groups in total. The molecule has 0 spiro atoms. The highest BCUT2D eigenvalue weighted by Crippen LogP contribution is 2.55. The first-order valence-electron chi connectivity index (χ1n) is 13.1. The number of hydrogen-bond acceptors (Lipinski definition) is 7. The van der Waals surface area contributed by atoms with E-state index in [2.05, 4.69) is 15.4 Å². The van der Waals surface area contributed by atoms with Gasteiger partial charge in [0.1, 0.15) is 34.9 Å². The maximum absolute atomic E-state index is 14.6. The minimum Gasteiger partial charge on any atom is -0.497 e. The lowest BCUT2D eigenvalue weighted by molar-refractivity contribution is -0.169. The summed E-state index contributed by atoms with van der Waals surface area (Å²) in [5, 5.41) is 6.60. The smallest absolute Gasteiger partial charge is 0.435 e. The van der Waals surface area contributed by atoms with E-state index in [9.17, 15) is 27.6 Å². The van der Waals surface area contributed by atoms with Gasteiger partial charge in [-0.15, -0.1) is 0 Å². The van der Waals surface area contributed by atoms with Crippen molar-refractivity contribution in [2.24, 2.45) is 0 Å². The maximum Gasteiger partial charge on any atom is 0.435 e. The van der Waals surface area contributed by atoms with Gasteiger partial charge in [0.05, 0.1) is 30.8 Å². The third kappa shape index (κ3) is 5.44. The Labute approximate surface area is 233 Å². The fraction of sp³-hybridized carbons (Fsp3) is 0.464. The Bertz CT molecular complexity index is 1490. The van der Waals surface area contributed by atoms with E-state index in [-0.39, 0.29) is 17.8 Å². The van der Waals surface area contributed by atoms with Crippen molar-refractivity contribution in [3.05, 3.63) is 48.2 Å². The summed E-state index contributed by atoms with van der Waals surface area (Å²) < 4.78 is 54.5. The highest BCUT2D eigenvalue weighted by Gasteiger charge is 2.63. The normalized spacial score (nSPS) is 21.3. The minimum atomic E-state index is -3.06. The van der Waals surface area contributed by atoms with E-state index >= 15 is 0 Å². The van der Waals surface area contributed by atoms with Gasteiger partial charge in [0, 0.05) is 19.3 Å². The number of carbonyl (C=O) groups excluding carboxylic acids is 3. The van der Waals surface area contributed by atoms with Crippen LogP contribution in [0.3, 0.4) is 0 Å². The van der Waals surface area contributed by atoms with Crippen LogP contribution in [0.15, 0.2) is 42.6 Å². The van der Waals surface area contributed by atoms with Crippen molar-refractivity contribution in [3.8, 4) is 5.75 Å². The van der Waals surface area contributed by atoms with Gasteiger partial charge in [0.25, 0.3) is 5.92 Å². The molecule has 3 aromatic rings. The topological polar surface area (TPSA) is 116 Å². The van der Waals surface area contributed by atoms with Crippen molar-refractivity contribution in [3.63, 3.8) is 0 Å². The number of amides is 2. The highest BCUT2D eigenvalue weighted by atomic mass is 19.3. The van der Waals surface area contributed by atoms with Crippen molar-refractivity contribution in [1.82, 2.24) is 19.7 Å². The van der Waals surface area contributed by atoms with Crippen LogP contribution in [0.5, 0.6) is 5.75 Å². The number of aromatic nitrogens is 3. The Balaban J connectivity index is 1.36.